The van der Waals surface area contributed by atoms with Gasteiger partial charge >= 0.3 is 0 Å². The summed E-state index contributed by atoms with van der Waals surface area (Å²) in [4.78, 5) is 14.0. The Balaban J connectivity index is 2.07. The molecule has 19 heavy (non-hydrogen) atoms. The van der Waals surface area contributed by atoms with Crippen LogP contribution in [0.4, 0.5) is 0 Å². The Kier molecular flexibility index (Phi) is 3.99. The summed E-state index contributed by atoms with van der Waals surface area (Å²) >= 11 is 0. The van der Waals surface area contributed by atoms with Crippen LogP contribution >= 0.6 is 0 Å². The minimum atomic E-state index is -0.0367. The topological polar surface area (TPSA) is 56.0 Å². The van der Waals surface area contributed by atoms with Gasteiger partial charge in [-0.3, -0.25) is 14.2 Å². The molecular weight excluding hydrogens is 242 g/mol. The highest BCUT2D eigenvalue weighted by Crippen LogP contribution is 2.07. The van der Waals surface area contributed by atoms with Gasteiger partial charge in [0.1, 0.15) is 5.69 Å². The number of hydrogen-bond acceptors (Lipinski definition) is 3. The quantitative estimate of drug-likeness (QED) is 0.817. The third-order valence-corrected chi connectivity index (χ3v) is 3.00. The van der Waals surface area contributed by atoms with Crippen LogP contribution in [0, 0.1) is 0 Å². The molecule has 2 rings (SSSR count). The van der Waals surface area contributed by atoms with E-state index in [1.54, 1.807) is 28.9 Å². The number of carbonyl (C=O) groups is 1. The van der Waals surface area contributed by atoms with E-state index in [0.29, 0.717) is 18.8 Å². The van der Waals surface area contributed by atoms with Gasteiger partial charge in [-0.25, -0.2) is 0 Å². The zero-order valence-corrected chi connectivity index (χ0v) is 11.6. The molecule has 0 radical (unpaired) electrons. The van der Waals surface area contributed by atoms with E-state index in [9.17, 15) is 4.79 Å². The van der Waals surface area contributed by atoms with Crippen molar-refractivity contribution in [3.05, 3.63) is 35.9 Å². The summed E-state index contributed by atoms with van der Waals surface area (Å²) in [5.74, 6) is -0.0367. The highest BCUT2D eigenvalue weighted by molar-refractivity contribution is 5.92. The number of nitrogens with zero attached hydrogens (tertiary/aromatic N) is 5. The van der Waals surface area contributed by atoms with Gasteiger partial charge in [0.15, 0.2) is 0 Å². The first-order chi connectivity index (χ1) is 9.15. The molecule has 0 atom stereocenters. The fourth-order valence-corrected chi connectivity index (χ4v) is 1.94. The van der Waals surface area contributed by atoms with Gasteiger partial charge < -0.3 is 4.90 Å². The molecule has 0 unspecified atom stereocenters. The zero-order valence-electron chi connectivity index (χ0n) is 11.6. The van der Waals surface area contributed by atoms with Crippen molar-refractivity contribution in [2.75, 3.05) is 7.05 Å². The standard InChI is InChI=1S/C13H19N5O/c1-4-17-9-7-11(15-17)10-16(3)13(19)12-6-8-14-18(12)5-2/h6-9H,4-5,10H2,1-3H3. The molecule has 0 spiro atoms. The summed E-state index contributed by atoms with van der Waals surface area (Å²) in [5, 5.41) is 8.49. The van der Waals surface area contributed by atoms with Crippen LogP contribution in [-0.4, -0.2) is 37.4 Å². The largest absolute Gasteiger partial charge is 0.334 e. The molecule has 1 amide bonds. The molecule has 0 N–H and O–H groups in total. The maximum absolute atomic E-state index is 12.3. The molecule has 0 saturated heterocycles. The number of aromatic nitrogens is 4. The Labute approximate surface area is 112 Å². The summed E-state index contributed by atoms with van der Waals surface area (Å²) in [6.07, 6.45) is 3.57. The summed E-state index contributed by atoms with van der Waals surface area (Å²) in [6.45, 7) is 6.02. The second-order valence-electron chi connectivity index (χ2n) is 4.36. The number of amides is 1. The van der Waals surface area contributed by atoms with Crippen molar-refractivity contribution in [1.82, 2.24) is 24.5 Å². The Bertz CT molecular complexity index is 557. The number of aryl methyl sites for hydroxylation is 2. The Morgan fingerprint density at radius 2 is 2.11 bits per heavy atom. The van der Waals surface area contributed by atoms with E-state index in [0.717, 1.165) is 12.2 Å². The maximum atomic E-state index is 12.3. The van der Waals surface area contributed by atoms with Gasteiger partial charge in [0, 0.05) is 32.5 Å². The lowest BCUT2D eigenvalue weighted by Gasteiger charge is -2.16. The van der Waals surface area contributed by atoms with Crippen molar-refractivity contribution >= 4 is 5.91 Å². The van der Waals surface area contributed by atoms with Gasteiger partial charge in [0.05, 0.1) is 12.2 Å². The number of rotatable bonds is 5. The van der Waals surface area contributed by atoms with Crippen molar-refractivity contribution in [3.8, 4) is 0 Å². The van der Waals surface area contributed by atoms with Crippen LogP contribution in [-0.2, 0) is 19.6 Å². The van der Waals surface area contributed by atoms with Crippen molar-refractivity contribution in [3.63, 3.8) is 0 Å². The van der Waals surface area contributed by atoms with Gasteiger partial charge in [-0.1, -0.05) is 0 Å². The van der Waals surface area contributed by atoms with E-state index in [4.69, 9.17) is 0 Å². The molecule has 102 valence electrons. The SMILES string of the molecule is CCn1ccc(CN(C)C(=O)c2ccnn2CC)n1. The Hall–Kier alpha value is -2.11. The summed E-state index contributed by atoms with van der Waals surface area (Å²) < 4.78 is 3.55. The van der Waals surface area contributed by atoms with Gasteiger partial charge in [-0.15, -0.1) is 0 Å². The normalized spacial score (nSPS) is 10.7. The van der Waals surface area contributed by atoms with Gasteiger partial charge in [0.25, 0.3) is 5.91 Å². The molecule has 0 aliphatic rings. The molecule has 2 heterocycles. The van der Waals surface area contributed by atoms with Crippen molar-refractivity contribution in [2.45, 2.75) is 33.5 Å². The molecule has 0 aliphatic heterocycles. The molecule has 2 aromatic rings. The highest BCUT2D eigenvalue weighted by atomic mass is 16.2. The van der Waals surface area contributed by atoms with Crippen LogP contribution in [0.5, 0.6) is 0 Å². The maximum Gasteiger partial charge on any atom is 0.272 e. The average Bonchev–Trinajstić information content (AvgIpc) is 3.05. The first-order valence-corrected chi connectivity index (χ1v) is 6.45. The lowest BCUT2D eigenvalue weighted by atomic mass is 10.3. The van der Waals surface area contributed by atoms with Crippen molar-refractivity contribution in [1.29, 1.82) is 0 Å². The molecular formula is C13H19N5O. The van der Waals surface area contributed by atoms with Crippen molar-refractivity contribution < 1.29 is 4.79 Å². The van der Waals surface area contributed by atoms with E-state index in [2.05, 4.69) is 10.2 Å². The first-order valence-electron chi connectivity index (χ1n) is 6.45. The molecule has 0 aliphatic carbocycles. The second-order valence-corrected chi connectivity index (χ2v) is 4.36. The average molecular weight is 261 g/mol. The lowest BCUT2D eigenvalue weighted by Crippen LogP contribution is -2.28. The summed E-state index contributed by atoms with van der Waals surface area (Å²) in [6, 6.07) is 3.68. The smallest absolute Gasteiger partial charge is 0.272 e. The first kappa shape index (κ1) is 13.3. The molecule has 0 bridgehead atoms. The molecule has 2 aromatic heterocycles. The Morgan fingerprint density at radius 3 is 2.74 bits per heavy atom. The molecule has 0 saturated carbocycles. The van der Waals surface area contributed by atoms with Gasteiger partial charge in [-0.2, -0.15) is 10.2 Å². The fraction of sp³-hybridized carbons (Fsp3) is 0.462. The van der Waals surface area contributed by atoms with Crippen LogP contribution in [0.3, 0.4) is 0 Å². The zero-order chi connectivity index (χ0) is 13.8. The summed E-state index contributed by atoms with van der Waals surface area (Å²) in [5.41, 5.74) is 1.50. The predicted molar refractivity (Wildman–Crippen MR) is 71.6 cm³/mol. The van der Waals surface area contributed by atoms with Crippen LogP contribution < -0.4 is 0 Å². The molecule has 0 aromatic carbocycles. The number of carbonyl (C=O) groups excluding carboxylic acids is 1. The van der Waals surface area contributed by atoms with E-state index in [1.165, 1.54) is 0 Å². The highest BCUT2D eigenvalue weighted by Gasteiger charge is 2.16. The van der Waals surface area contributed by atoms with Gasteiger partial charge in [-0.05, 0) is 26.0 Å². The van der Waals surface area contributed by atoms with Crippen LogP contribution in [0.1, 0.15) is 30.0 Å². The minimum Gasteiger partial charge on any atom is -0.334 e. The third-order valence-electron chi connectivity index (χ3n) is 3.00. The van der Waals surface area contributed by atoms with Crippen LogP contribution in [0.25, 0.3) is 0 Å². The van der Waals surface area contributed by atoms with Gasteiger partial charge in [0.2, 0.25) is 0 Å². The lowest BCUT2D eigenvalue weighted by molar-refractivity contribution is 0.0771. The Morgan fingerprint density at radius 1 is 1.32 bits per heavy atom. The summed E-state index contributed by atoms with van der Waals surface area (Å²) in [7, 11) is 1.78. The molecule has 0 fully saturated rings. The van der Waals surface area contributed by atoms with E-state index >= 15 is 0 Å². The van der Waals surface area contributed by atoms with E-state index < -0.39 is 0 Å². The van der Waals surface area contributed by atoms with Crippen molar-refractivity contribution in [2.24, 2.45) is 0 Å². The second kappa shape index (κ2) is 5.69. The third kappa shape index (κ3) is 2.83. The molecule has 6 heteroatoms. The van der Waals surface area contributed by atoms with Crippen LogP contribution in [0.2, 0.25) is 0 Å². The monoisotopic (exact) mass is 261 g/mol. The number of hydrogen-bond donors (Lipinski definition) is 0. The predicted octanol–water partition coefficient (Wildman–Crippen LogP) is 1.39. The van der Waals surface area contributed by atoms with E-state index in [1.807, 2.05) is 30.8 Å². The van der Waals surface area contributed by atoms with E-state index in [-0.39, 0.29) is 5.91 Å². The molecule has 6 nitrogen and oxygen atoms in total. The fourth-order valence-electron chi connectivity index (χ4n) is 1.94. The van der Waals surface area contributed by atoms with Crippen LogP contribution in [0.15, 0.2) is 24.5 Å². The minimum absolute atomic E-state index is 0.0367.